The van der Waals surface area contributed by atoms with E-state index >= 15 is 0 Å². The molecule has 0 aliphatic carbocycles. The molecule has 5 aromatic rings. The van der Waals surface area contributed by atoms with Gasteiger partial charge in [-0.1, -0.05) is 18.2 Å². The van der Waals surface area contributed by atoms with Crippen molar-refractivity contribution in [2.24, 2.45) is 0 Å². The van der Waals surface area contributed by atoms with Crippen molar-refractivity contribution in [1.82, 2.24) is 19.9 Å². The summed E-state index contributed by atoms with van der Waals surface area (Å²) in [6.45, 7) is 0.501. The second-order valence-corrected chi connectivity index (χ2v) is 6.85. The van der Waals surface area contributed by atoms with Gasteiger partial charge in [-0.15, -0.1) is 0 Å². The quantitative estimate of drug-likeness (QED) is 0.479. The Morgan fingerprint density at radius 3 is 2.63 bits per heavy atom. The third kappa shape index (κ3) is 3.52. The molecule has 142 valence electrons. The summed E-state index contributed by atoms with van der Waals surface area (Å²) < 4.78 is 0. The summed E-state index contributed by atoms with van der Waals surface area (Å²) >= 11 is 0. The molecular formula is C24H16N6. The molecular weight excluding hydrogens is 372 g/mol. The van der Waals surface area contributed by atoms with Gasteiger partial charge in [0.2, 0.25) is 5.95 Å². The third-order valence-electron chi connectivity index (χ3n) is 4.86. The minimum atomic E-state index is 0.501. The van der Waals surface area contributed by atoms with E-state index in [-0.39, 0.29) is 0 Å². The van der Waals surface area contributed by atoms with Crippen LogP contribution in [0.5, 0.6) is 0 Å². The molecule has 0 unspecified atom stereocenters. The molecule has 0 fully saturated rings. The van der Waals surface area contributed by atoms with Crippen molar-refractivity contribution in [3.8, 4) is 17.3 Å². The zero-order chi connectivity index (χ0) is 20.3. The number of anilines is 1. The number of nitrogens with one attached hydrogen (secondary N) is 1. The number of nitriles is 1. The summed E-state index contributed by atoms with van der Waals surface area (Å²) in [6.07, 6.45) is 3.54. The number of rotatable bonds is 4. The number of pyridine rings is 2. The lowest BCUT2D eigenvalue weighted by Gasteiger charge is -2.08. The Bertz CT molecular complexity index is 1420. The first-order chi connectivity index (χ1) is 14.8. The lowest BCUT2D eigenvalue weighted by molar-refractivity contribution is 1.02. The zero-order valence-corrected chi connectivity index (χ0v) is 15.9. The van der Waals surface area contributed by atoms with E-state index in [1.807, 2.05) is 54.6 Å². The number of fused-ring (bicyclic) bond motifs is 2. The van der Waals surface area contributed by atoms with Gasteiger partial charge in [0.1, 0.15) is 0 Å². The average molecular weight is 388 g/mol. The van der Waals surface area contributed by atoms with E-state index in [9.17, 15) is 0 Å². The molecule has 3 heterocycles. The first-order valence-corrected chi connectivity index (χ1v) is 9.50. The Labute approximate surface area is 172 Å². The van der Waals surface area contributed by atoms with Crippen LogP contribution in [0.4, 0.5) is 5.95 Å². The van der Waals surface area contributed by atoms with E-state index in [0.717, 1.165) is 38.8 Å². The number of hydrogen-bond acceptors (Lipinski definition) is 6. The van der Waals surface area contributed by atoms with Crippen LogP contribution in [-0.2, 0) is 6.54 Å². The van der Waals surface area contributed by atoms with Crippen molar-refractivity contribution in [2.75, 3.05) is 5.32 Å². The van der Waals surface area contributed by atoms with Crippen LogP contribution >= 0.6 is 0 Å². The Hall–Kier alpha value is -4.37. The van der Waals surface area contributed by atoms with Crippen LogP contribution in [0.25, 0.3) is 33.1 Å². The average Bonchev–Trinajstić information content (AvgIpc) is 2.82. The first kappa shape index (κ1) is 17.7. The molecule has 0 saturated carbocycles. The maximum absolute atomic E-state index is 9.02. The molecule has 0 amide bonds. The molecule has 0 saturated heterocycles. The minimum Gasteiger partial charge on any atom is -0.349 e. The van der Waals surface area contributed by atoms with Gasteiger partial charge in [0, 0.05) is 28.7 Å². The van der Waals surface area contributed by atoms with Gasteiger partial charge in [0.05, 0.1) is 40.6 Å². The highest BCUT2D eigenvalue weighted by molar-refractivity contribution is 5.83. The number of benzene rings is 2. The summed E-state index contributed by atoms with van der Waals surface area (Å²) in [4.78, 5) is 18.0. The van der Waals surface area contributed by atoms with Crippen LogP contribution in [-0.4, -0.2) is 19.9 Å². The van der Waals surface area contributed by atoms with Crippen LogP contribution in [0.1, 0.15) is 11.3 Å². The maximum Gasteiger partial charge on any atom is 0.223 e. The molecule has 1 N–H and O–H groups in total. The van der Waals surface area contributed by atoms with Gasteiger partial charge in [0.25, 0.3) is 0 Å². The SMILES string of the molecule is N#Cc1ccc2nc(CNc3nccc(-c4ccc5ncccc5c4)n3)ccc2c1. The summed E-state index contributed by atoms with van der Waals surface area (Å²) in [5.74, 6) is 0.542. The van der Waals surface area contributed by atoms with E-state index < -0.39 is 0 Å². The summed E-state index contributed by atoms with van der Waals surface area (Å²) in [5, 5.41) is 14.3. The molecule has 2 aromatic carbocycles. The smallest absolute Gasteiger partial charge is 0.223 e. The highest BCUT2D eigenvalue weighted by atomic mass is 15.1. The lowest BCUT2D eigenvalue weighted by atomic mass is 10.1. The Morgan fingerprint density at radius 2 is 1.70 bits per heavy atom. The largest absolute Gasteiger partial charge is 0.349 e. The van der Waals surface area contributed by atoms with E-state index in [2.05, 4.69) is 37.4 Å². The van der Waals surface area contributed by atoms with Gasteiger partial charge in [-0.05, 0) is 48.5 Å². The van der Waals surface area contributed by atoms with Crippen molar-refractivity contribution >= 4 is 27.8 Å². The van der Waals surface area contributed by atoms with Gasteiger partial charge in [-0.25, -0.2) is 9.97 Å². The lowest BCUT2D eigenvalue weighted by Crippen LogP contribution is -2.05. The molecule has 6 heteroatoms. The van der Waals surface area contributed by atoms with E-state index in [1.165, 1.54) is 0 Å². The summed E-state index contributed by atoms with van der Waals surface area (Å²) in [7, 11) is 0. The predicted molar refractivity (Wildman–Crippen MR) is 117 cm³/mol. The molecule has 0 aliphatic heterocycles. The number of nitrogens with zero attached hydrogens (tertiary/aromatic N) is 5. The molecule has 0 aliphatic rings. The fourth-order valence-electron chi connectivity index (χ4n) is 3.34. The maximum atomic E-state index is 9.02. The van der Waals surface area contributed by atoms with Crippen LogP contribution < -0.4 is 5.32 Å². The molecule has 6 nitrogen and oxygen atoms in total. The molecule has 0 atom stereocenters. The standard InChI is InChI=1S/C24H16N6/c25-14-16-3-7-22-18(12-16)4-6-20(29-22)15-28-24-27-11-9-23(30-24)19-5-8-21-17(13-19)2-1-10-26-21/h1-13H,15H2,(H,27,28,30). The van der Waals surface area contributed by atoms with Crippen molar-refractivity contribution in [1.29, 1.82) is 5.26 Å². The van der Waals surface area contributed by atoms with E-state index in [1.54, 1.807) is 18.5 Å². The topological polar surface area (TPSA) is 87.4 Å². The molecule has 5 rings (SSSR count). The Morgan fingerprint density at radius 1 is 0.800 bits per heavy atom. The van der Waals surface area contributed by atoms with Crippen molar-refractivity contribution in [2.45, 2.75) is 6.54 Å². The third-order valence-corrected chi connectivity index (χ3v) is 4.86. The fraction of sp³-hybridized carbons (Fsp3) is 0.0417. The minimum absolute atomic E-state index is 0.501. The first-order valence-electron chi connectivity index (χ1n) is 9.50. The second kappa shape index (κ2) is 7.57. The Balaban J connectivity index is 1.36. The van der Waals surface area contributed by atoms with Crippen LogP contribution in [0.3, 0.4) is 0 Å². The van der Waals surface area contributed by atoms with E-state index in [4.69, 9.17) is 5.26 Å². The van der Waals surface area contributed by atoms with Crippen molar-refractivity contribution in [3.05, 3.63) is 90.4 Å². The van der Waals surface area contributed by atoms with Crippen LogP contribution in [0, 0.1) is 11.3 Å². The zero-order valence-electron chi connectivity index (χ0n) is 15.9. The van der Waals surface area contributed by atoms with Crippen molar-refractivity contribution in [3.63, 3.8) is 0 Å². The predicted octanol–water partition coefficient (Wildman–Crippen LogP) is 4.72. The fourth-order valence-corrected chi connectivity index (χ4v) is 3.34. The normalized spacial score (nSPS) is 10.8. The summed E-state index contributed by atoms with van der Waals surface area (Å²) in [5.41, 5.74) is 5.17. The molecule has 0 radical (unpaired) electrons. The number of hydrogen-bond donors (Lipinski definition) is 1. The summed E-state index contributed by atoms with van der Waals surface area (Å²) in [6, 6.07) is 23.5. The monoisotopic (exact) mass is 388 g/mol. The molecule has 3 aromatic heterocycles. The highest BCUT2D eigenvalue weighted by Gasteiger charge is 2.05. The second-order valence-electron chi connectivity index (χ2n) is 6.85. The van der Waals surface area contributed by atoms with Gasteiger partial charge in [0.15, 0.2) is 0 Å². The highest BCUT2D eigenvalue weighted by Crippen LogP contribution is 2.22. The molecule has 30 heavy (non-hydrogen) atoms. The van der Waals surface area contributed by atoms with Gasteiger partial charge in [-0.3, -0.25) is 9.97 Å². The van der Waals surface area contributed by atoms with Crippen LogP contribution in [0.2, 0.25) is 0 Å². The van der Waals surface area contributed by atoms with E-state index in [0.29, 0.717) is 18.1 Å². The van der Waals surface area contributed by atoms with Crippen LogP contribution in [0.15, 0.2) is 79.1 Å². The van der Waals surface area contributed by atoms with Gasteiger partial charge >= 0.3 is 0 Å². The molecule has 0 spiro atoms. The molecule has 0 bridgehead atoms. The van der Waals surface area contributed by atoms with Gasteiger partial charge < -0.3 is 5.32 Å². The van der Waals surface area contributed by atoms with Gasteiger partial charge in [-0.2, -0.15) is 5.26 Å². The Kier molecular flexibility index (Phi) is 4.47. The van der Waals surface area contributed by atoms with Crippen molar-refractivity contribution < 1.29 is 0 Å². The number of aromatic nitrogens is 4.